The highest BCUT2D eigenvalue weighted by atomic mass is 79.9. The Hall–Kier alpha value is -1.50. The molecule has 0 aliphatic carbocycles. The van der Waals surface area contributed by atoms with Crippen LogP contribution in [0.1, 0.15) is 0 Å². The largest absolute Gasteiger partial charge is 0.265 e. The molecule has 4 aromatic rings. The molecular formula is C16H9Br2N3S. The highest BCUT2D eigenvalue weighted by Crippen LogP contribution is 2.31. The maximum atomic E-state index is 4.36. The maximum Gasteiger partial charge on any atom is 0.216 e. The zero-order chi connectivity index (χ0) is 15.1. The van der Waals surface area contributed by atoms with Crippen LogP contribution in [-0.4, -0.2) is 14.6 Å². The minimum absolute atomic E-state index is 0.857. The Morgan fingerprint density at radius 1 is 0.864 bits per heavy atom. The summed E-state index contributed by atoms with van der Waals surface area (Å²) >= 11 is 8.59. The first-order valence-corrected chi connectivity index (χ1v) is 9.03. The van der Waals surface area contributed by atoms with Crippen molar-refractivity contribution in [3.05, 3.63) is 62.9 Å². The van der Waals surface area contributed by atoms with Crippen LogP contribution in [0.2, 0.25) is 0 Å². The van der Waals surface area contributed by atoms with E-state index in [1.54, 1.807) is 11.3 Å². The van der Waals surface area contributed by atoms with Crippen LogP contribution in [0, 0.1) is 0 Å². The Bertz CT molecular complexity index is 957. The molecule has 2 aromatic carbocycles. The lowest BCUT2D eigenvalue weighted by atomic mass is 10.1. The molecule has 108 valence electrons. The minimum Gasteiger partial charge on any atom is -0.265 e. The van der Waals surface area contributed by atoms with Gasteiger partial charge >= 0.3 is 0 Å². The number of nitrogens with zero attached hydrogens (tertiary/aromatic N) is 3. The summed E-state index contributed by atoms with van der Waals surface area (Å²) in [6, 6.07) is 16.4. The molecule has 0 atom stereocenters. The zero-order valence-corrected chi connectivity index (χ0v) is 15.2. The average molecular weight is 435 g/mol. The first kappa shape index (κ1) is 14.1. The molecule has 3 nitrogen and oxygen atoms in total. The van der Waals surface area contributed by atoms with Crippen molar-refractivity contribution in [3.8, 4) is 22.6 Å². The second-order valence-electron chi connectivity index (χ2n) is 4.78. The van der Waals surface area contributed by atoms with Crippen LogP contribution in [0.5, 0.6) is 0 Å². The quantitative estimate of drug-likeness (QED) is 0.408. The molecule has 2 heterocycles. The monoisotopic (exact) mass is 433 g/mol. The second-order valence-corrected chi connectivity index (χ2v) is 7.45. The molecule has 0 aliphatic heterocycles. The molecule has 0 saturated carbocycles. The zero-order valence-electron chi connectivity index (χ0n) is 11.2. The van der Waals surface area contributed by atoms with Gasteiger partial charge in [-0.15, -0.1) is 21.5 Å². The van der Waals surface area contributed by atoms with E-state index in [-0.39, 0.29) is 0 Å². The number of fused-ring (bicyclic) bond motifs is 1. The van der Waals surface area contributed by atoms with Crippen molar-refractivity contribution in [2.45, 2.75) is 0 Å². The van der Waals surface area contributed by atoms with Gasteiger partial charge in [0.05, 0.1) is 5.69 Å². The van der Waals surface area contributed by atoms with E-state index in [9.17, 15) is 0 Å². The van der Waals surface area contributed by atoms with Crippen molar-refractivity contribution < 1.29 is 0 Å². The highest BCUT2D eigenvalue weighted by Gasteiger charge is 2.15. The average Bonchev–Trinajstić information content (AvgIpc) is 3.10. The van der Waals surface area contributed by atoms with Gasteiger partial charge in [0.15, 0.2) is 5.82 Å². The molecule has 0 unspecified atom stereocenters. The molecule has 0 radical (unpaired) electrons. The van der Waals surface area contributed by atoms with Crippen LogP contribution < -0.4 is 0 Å². The molecule has 0 bridgehead atoms. The standard InChI is InChI=1S/C16H9Br2N3S/c17-12-6-4-10(5-7-12)14-9-22-16-20-19-15(21(14)16)11-2-1-3-13(18)8-11/h1-9H. The maximum absolute atomic E-state index is 4.36. The predicted octanol–water partition coefficient (Wildman–Crippen LogP) is 5.65. The lowest BCUT2D eigenvalue weighted by Crippen LogP contribution is -1.91. The van der Waals surface area contributed by atoms with Crippen molar-refractivity contribution in [1.29, 1.82) is 0 Å². The van der Waals surface area contributed by atoms with Crippen LogP contribution in [0.25, 0.3) is 27.6 Å². The van der Waals surface area contributed by atoms with Gasteiger partial charge in [-0.05, 0) is 29.8 Å². The molecule has 0 amide bonds. The summed E-state index contributed by atoms with van der Waals surface area (Å²) in [6.07, 6.45) is 0. The number of halogens is 2. The molecule has 0 saturated heterocycles. The first-order valence-electron chi connectivity index (χ1n) is 6.57. The van der Waals surface area contributed by atoms with Crippen molar-refractivity contribution in [3.63, 3.8) is 0 Å². The number of aromatic nitrogens is 3. The third-order valence-electron chi connectivity index (χ3n) is 3.37. The Balaban J connectivity index is 1.94. The van der Waals surface area contributed by atoms with E-state index in [2.05, 4.69) is 70.0 Å². The number of hydrogen-bond donors (Lipinski definition) is 0. The first-order chi connectivity index (χ1) is 10.7. The van der Waals surface area contributed by atoms with Gasteiger partial charge in [-0.2, -0.15) is 0 Å². The van der Waals surface area contributed by atoms with Crippen molar-refractivity contribution in [2.24, 2.45) is 0 Å². The summed E-state index contributed by atoms with van der Waals surface area (Å²) in [5.41, 5.74) is 3.29. The summed E-state index contributed by atoms with van der Waals surface area (Å²) in [5, 5.41) is 10.8. The molecular weight excluding hydrogens is 426 g/mol. The van der Waals surface area contributed by atoms with Crippen LogP contribution in [0.4, 0.5) is 0 Å². The fourth-order valence-corrected chi connectivity index (χ4v) is 3.86. The van der Waals surface area contributed by atoms with E-state index >= 15 is 0 Å². The Morgan fingerprint density at radius 2 is 1.68 bits per heavy atom. The van der Waals surface area contributed by atoms with Gasteiger partial charge < -0.3 is 0 Å². The normalized spacial score (nSPS) is 11.2. The van der Waals surface area contributed by atoms with Gasteiger partial charge in [0, 0.05) is 19.9 Å². The number of hydrogen-bond acceptors (Lipinski definition) is 3. The third-order valence-corrected chi connectivity index (χ3v) is 5.21. The summed E-state index contributed by atoms with van der Waals surface area (Å²) in [7, 11) is 0. The van der Waals surface area contributed by atoms with E-state index in [4.69, 9.17) is 0 Å². The topological polar surface area (TPSA) is 30.2 Å². The molecule has 4 rings (SSSR count). The van der Waals surface area contributed by atoms with E-state index in [0.717, 1.165) is 36.6 Å². The number of thiazole rings is 1. The van der Waals surface area contributed by atoms with Gasteiger partial charge in [0.2, 0.25) is 4.96 Å². The molecule has 0 N–H and O–H groups in total. The Kier molecular flexibility index (Phi) is 3.60. The molecule has 2 aromatic heterocycles. The molecule has 0 aliphatic rings. The second kappa shape index (κ2) is 5.61. The van der Waals surface area contributed by atoms with E-state index in [0.29, 0.717) is 0 Å². The lowest BCUT2D eigenvalue weighted by Gasteiger charge is -2.04. The van der Waals surface area contributed by atoms with Crippen molar-refractivity contribution in [1.82, 2.24) is 14.6 Å². The van der Waals surface area contributed by atoms with Crippen LogP contribution in [-0.2, 0) is 0 Å². The van der Waals surface area contributed by atoms with Crippen LogP contribution in [0.3, 0.4) is 0 Å². The molecule has 6 heteroatoms. The van der Waals surface area contributed by atoms with Crippen molar-refractivity contribution in [2.75, 3.05) is 0 Å². The SMILES string of the molecule is Brc1ccc(-c2csc3nnc(-c4cccc(Br)c4)n23)cc1. The summed E-state index contributed by atoms with van der Waals surface area (Å²) in [6.45, 7) is 0. The molecule has 0 fully saturated rings. The minimum atomic E-state index is 0.857. The molecule has 0 spiro atoms. The van der Waals surface area contributed by atoms with E-state index in [1.165, 1.54) is 0 Å². The lowest BCUT2D eigenvalue weighted by molar-refractivity contribution is 1.11. The summed E-state index contributed by atoms with van der Waals surface area (Å²) in [4.78, 5) is 0.896. The van der Waals surface area contributed by atoms with Crippen molar-refractivity contribution >= 4 is 48.2 Å². The fraction of sp³-hybridized carbons (Fsp3) is 0. The van der Waals surface area contributed by atoms with Gasteiger partial charge in [-0.1, -0.05) is 56.1 Å². The van der Waals surface area contributed by atoms with Gasteiger partial charge in [0.1, 0.15) is 0 Å². The predicted molar refractivity (Wildman–Crippen MR) is 97.1 cm³/mol. The highest BCUT2D eigenvalue weighted by molar-refractivity contribution is 9.10. The van der Waals surface area contributed by atoms with E-state index < -0.39 is 0 Å². The molecule has 22 heavy (non-hydrogen) atoms. The van der Waals surface area contributed by atoms with E-state index in [1.807, 2.05) is 30.3 Å². The Morgan fingerprint density at radius 3 is 2.45 bits per heavy atom. The summed E-state index contributed by atoms with van der Waals surface area (Å²) < 4.78 is 4.20. The van der Waals surface area contributed by atoms with Gasteiger partial charge in [-0.25, -0.2) is 0 Å². The fourth-order valence-electron chi connectivity index (χ4n) is 2.36. The third kappa shape index (κ3) is 2.41. The van der Waals surface area contributed by atoms with Gasteiger partial charge in [-0.3, -0.25) is 4.40 Å². The Labute approximate surface area is 147 Å². The number of rotatable bonds is 2. The number of benzene rings is 2. The smallest absolute Gasteiger partial charge is 0.216 e. The summed E-state index contributed by atoms with van der Waals surface area (Å²) in [5.74, 6) is 0.857. The van der Waals surface area contributed by atoms with Crippen LogP contribution in [0.15, 0.2) is 62.9 Å². The van der Waals surface area contributed by atoms with Crippen LogP contribution >= 0.6 is 43.2 Å². The van der Waals surface area contributed by atoms with Gasteiger partial charge in [0.25, 0.3) is 0 Å².